The normalized spacial score (nSPS) is 38.5. The fourth-order valence-electron chi connectivity index (χ4n) is 5.76. The molecule has 4 saturated carbocycles. The average Bonchev–Trinajstić information content (AvgIpc) is 2.88. The summed E-state index contributed by atoms with van der Waals surface area (Å²) < 4.78 is 18.9. The van der Waals surface area contributed by atoms with E-state index in [1.54, 1.807) is 18.2 Å². The summed E-state index contributed by atoms with van der Waals surface area (Å²) in [5, 5.41) is 0. The molecule has 0 amide bonds. The summed E-state index contributed by atoms with van der Waals surface area (Å²) in [7, 11) is 0. The van der Waals surface area contributed by atoms with Crippen molar-refractivity contribution in [3.05, 3.63) is 41.3 Å². The van der Waals surface area contributed by atoms with Crippen LogP contribution in [0.3, 0.4) is 0 Å². The zero-order chi connectivity index (χ0) is 16.3. The molecule has 4 heteroatoms. The molecular formula is C20H20FNO2. The minimum absolute atomic E-state index is 0.0259. The molecule has 0 N–H and O–H groups in total. The van der Waals surface area contributed by atoms with Gasteiger partial charge in [-0.25, -0.2) is 14.2 Å². The van der Waals surface area contributed by atoms with Gasteiger partial charge in [0.05, 0.1) is 0 Å². The zero-order valence-electron chi connectivity index (χ0n) is 13.5. The highest BCUT2D eigenvalue weighted by Gasteiger charge is 2.55. The number of benzene rings is 1. The van der Waals surface area contributed by atoms with Crippen molar-refractivity contribution in [1.29, 1.82) is 0 Å². The number of aliphatic imine (C=N–C) groups is 1. The first-order valence-electron chi connectivity index (χ1n) is 8.88. The van der Waals surface area contributed by atoms with Crippen LogP contribution in [0, 0.1) is 29.0 Å². The maximum atomic E-state index is 13.3. The van der Waals surface area contributed by atoms with E-state index in [4.69, 9.17) is 4.74 Å². The van der Waals surface area contributed by atoms with E-state index in [-0.39, 0.29) is 11.2 Å². The highest BCUT2D eigenvalue weighted by molar-refractivity contribution is 6.09. The molecule has 5 aliphatic rings. The Morgan fingerprint density at radius 3 is 2.42 bits per heavy atom. The third kappa shape index (κ3) is 2.23. The molecule has 3 nitrogen and oxygen atoms in total. The summed E-state index contributed by atoms with van der Waals surface area (Å²) >= 11 is 0. The van der Waals surface area contributed by atoms with Gasteiger partial charge in [-0.1, -0.05) is 12.1 Å². The van der Waals surface area contributed by atoms with Crippen molar-refractivity contribution in [3.8, 4) is 0 Å². The van der Waals surface area contributed by atoms with Crippen molar-refractivity contribution in [2.75, 3.05) is 0 Å². The molecule has 4 bridgehead atoms. The van der Waals surface area contributed by atoms with E-state index in [2.05, 4.69) is 4.99 Å². The van der Waals surface area contributed by atoms with Gasteiger partial charge in [0.25, 0.3) is 0 Å². The minimum atomic E-state index is -0.398. The quantitative estimate of drug-likeness (QED) is 0.599. The Balaban J connectivity index is 1.48. The number of carbonyl (C=O) groups excluding carboxylic acids is 1. The molecule has 0 atom stereocenters. The largest absolute Gasteiger partial charge is 0.406 e. The van der Waals surface area contributed by atoms with Crippen LogP contribution in [0.1, 0.15) is 44.1 Å². The highest BCUT2D eigenvalue weighted by Crippen LogP contribution is 2.61. The average molecular weight is 325 g/mol. The topological polar surface area (TPSA) is 38.7 Å². The lowest BCUT2D eigenvalue weighted by molar-refractivity contribution is -0.131. The van der Waals surface area contributed by atoms with Crippen LogP contribution >= 0.6 is 0 Å². The molecule has 0 aromatic heterocycles. The molecule has 4 fully saturated rings. The number of esters is 1. The zero-order valence-corrected chi connectivity index (χ0v) is 13.5. The maximum absolute atomic E-state index is 13.3. The van der Waals surface area contributed by atoms with Crippen LogP contribution in [0.5, 0.6) is 0 Å². The Morgan fingerprint density at radius 1 is 1.12 bits per heavy atom. The predicted molar refractivity (Wildman–Crippen MR) is 88.5 cm³/mol. The Labute approximate surface area is 140 Å². The smallest absolute Gasteiger partial charge is 0.363 e. The summed E-state index contributed by atoms with van der Waals surface area (Å²) in [6.45, 7) is 0. The van der Waals surface area contributed by atoms with Crippen LogP contribution in [0.25, 0.3) is 6.08 Å². The van der Waals surface area contributed by atoms with Crippen molar-refractivity contribution < 1.29 is 13.9 Å². The predicted octanol–water partition coefficient (Wildman–Crippen LogP) is 4.34. The van der Waals surface area contributed by atoms with E-state index in [0.29, 0.717) is 17.2 Å². The first-order valence-corrected chi connectivity index (χ1v) is 8.88. The van der Waals surface area contributed by atoms with Crippen LogP contribution < -0.4 is 0 Å². The second-order valence-electron chi connectivity index (χ2n) is 8.09. The van der Waals surface area contributed by atoms with Crippen molar-refractivity contribution in [1.82, 2.24) is 0 Å². The number of nitrogens with zero attached hydrogens (tertiary/aromatic N) is 1. The number of carbonyl (C=O) groups is 1. The lowest BCUT2D eigenvalue weighted by Crippen LogP contribution is -2.50. The molecule has 1 aliphatic heterocycles. The second kappa shape index (κ2) is 5.01. The summed E-state index contributed by atoms with van der Waals surface area (Å²) in [4.78, 5) is 16.8. The fourth-order valence-corrected chi connectivity index (χ4v) is 5.76. The SMILES string of the molecule is O=C1OC(C23CC4CC(CC(C4)C2)C3)=NC1=Cc1cccc(F)c1. The number of hydrogen-bond acceptors (Lipinski definition) is 3. The molecule has 4 aliphatic carbocycles. The van der Waals surface area contributed by atoms with E-state index in [0.717, 1.165) is 37.0 Å². The van der Waals surface area contributed by atoms with E-state index < -0.39 is 5.97 Å². The number of ether oxygens (including phenoxy) is 1. The van der Waals surface area contributed by atoms with Gasteiger partial charge in [0.15, 0.2) is 5.70 Å². The van der Waals surface area contributed by atoms with E-state index in [9.17, 15) is 9.18 Å². The molecule has 1 aromatic rings. The summed E-state index contributed by atoms with van der Waals surface area (Å²) in [5.41, 5.74) is 0.908. The Morgan fingerprint density at radius 2 is 1.79 bits per heavy atom. The van der Waals surface area contributed by atoms with Gasteiger partial charge >= 0.3 is 5.97 Å². The molecular weight excluding hydrogens is 305 g/mol. The number of cyclic esters (lactones) is 1. The van der Waals surface area contributed by atoms with Crippen LogP contribution in [0.4, 0.5) is 4.39 Å². The van der Waals surface area contributed by atoms with Crippen LogP contribution in [0.15, 0.2) is 35.0 Å². The molecule has 24 heavy (non-hydrogen) atoms. The van der Waals surface area contributed by atoms with Gasteiger partial charge in [-0.05, 0) is 80.1 Å². The minimum Gasteiger partial charge on any atom is -0.406 e. The Hall–Kier alpha value is -1.97. The standard InChI is InChI=1S/C20H20FNO2/c21-16-3-1-2-12(7-16)8-17-18(23)24-19(22-17)20-9-13-4-14(10-20)6-15(5-13)11-20/h1-3,7-8,13-15H,4-6,9-11H2. The summed E-state index contributed by atoms with van der Waals surface area (Å²) in [6.07, 6.45) is 8.97. The van der Waals surface area contributed by atoms with E-state index in [1.807, 2.05) is 0 Å². The molecule has 0 radical (unpaired) electrons. The number of rotatable bonds is 2. The third-order valence-corrected chi connectivity index (χ3v) is 6.26. The van der Waals surface area contributed by atoms with Gasteiger partial charge < -0.3 is 4.74 Å². The van der Waals surface area contributed by atoms with Gasteiger partial charge in [-0.3, -0.25) is 0 Å². The first kappa shape index (κ1) is 14.4. The lowest BCUT2D eigenvalue weighted by Gasteiger charge is -2.55. The second-order valence-corrected chi connectivity index (χ2v) is 8.09. The van der Waals surface area contributed by atoms with Crippen molar-refractivity contribution in [2.45, 2.75) is 38.5 Å². The van der Waals surface area contributed by atoms with Gasteiger partial charge in [-0.2, -0.15) is 0 Å². The molecule has 0 unspecified atom stereocenters. The first-order chi connectivity index (χ1) is 11.6. The molecule has 0 saturated heterocycles. The van der Waals surface area contributed by atoms with Gasteiger partial charge in [0.2, 0.25) is 5.90 Å². The summed E-state index contributed by atoms with van der Waals surface area (Å²) in [6, 6.07) is 6.19. The highest BCUT2D eigenvalue weighted by atomic mass is 19.1. The molecule has 0 spiro atoms. The van der Waals surface area contributed by atoms with Gasteiger partial charge in [-0.15, -0.1) is 0 Å². The van der Waals surface area contributed by atoms with Crippen LogP contribution in [-0.4, -0.2) is 11.9 Å². The Bertz CT molecular complexity index is 744. The van der Waals surface area contributed by atoms with Crippen molar-refractivity contribution in [3.63, 3.8) is 0 Å². The third-order valence-electron chi connectivity index (χ3n) is 6.26. The van der Waals surface area contributed by atoms with E-state index in [1.165, 1.54) is 31.4 Å². The molecule has 6 rings (SSSR count). The summed E-state index contributed by atoms with van der Waals surface area (Å²) in [5.74, 6) is 2.23. The Kier molecular flexibility index (Phi) is 3.00. The van der Waals surface area contributed by atoms with Crippen molar-refractivity contribution >= 4 is 17.9 Å². The molecule has 1 aromatic carbocycles. The van der Waals surface area contributed by atoms with Crippen LogP contribution in [-0.2, 0) is 9.53 Å². The van der Waals surface area contributed by atoms with Gasteiger partial charge in [0, 0.05) is 5.41 Å². The number of halogens is 1. The molecule has 124 valence electrons. The lowest BCUT2D eigenvalue weighted by atomic mass is 9.49. The fraction of sp³-hybridized carbons (Fsp3) is 0.500. The molecule has 1 heterocycles. The maximum Gasteiger partial charge on any atom is 0.363 e. The van der Waals surface area contributed by atoms with Crippen LogP contribution in [0.2, 0.25) is 0 Å². The van der Waals surface area contributed by atoms with Crippen molar-refractivity contribution in [2.24, 2.45) is 28.2 Å². The number of hydrogen-bond donors (Lipinski definition) is 0. The van der Waals surface area contributed by atoms with E-state index >= 15 is 0 Å². The monoisotopic (exact) mass is 325 g/mol. The van der Waals surface area contributed by atoms with Gasteiger partial charge in [0.1, 0.15) is 5.82 Å².